The number of nitrogens with one attached hydrogen (secondary N) is 1. The first kappa shape index (κ1) is 13.0. The standard InChI is InChI=1S/C15H16N2O2/c1-2-10-5-3-4-6-14(10)17-11-7-8-12(15(18)19)13(16)9-11/h3-9,17H,2,16H2,1H3,(H,18,19). The minimum Gasteiger partial charge on any atom is -0.478 e. The number of hydrogen-bond donors (Lipinski definition) is 3. The second-order valence-corrected chi connectivity index (χ2v) is 4.24. The van der Waals surface area contributed by atoms with E-state index in [-0.39, 0.29) is 11.3 Å². The van der Waals surface area contributed by atoms with Crippen LogP contribution in [0.3, 0.4) is 0 Å². The summed E-state index contributed by atoms with van der Waals surface area (Å²) in [5, 5.41) is 12.2. The Labute approximate surface area is 111 Å². The van der Waals surface area contributed by atoms with Gasteiger partial charge in [0.25, 0.3) is 0 Å². The molecule has 0 fully saturated rings. The van der Waals surface area contributed by atoms with Gasteiger partial charge in [0.05, 0.1) is 5.56 Å². The highest BCUT2D eigenvalue weighted by Crippen LogP contribution is 2.24. The predicted octanol–water partition coefficient (Wildman–Crippen LogP) is 3.27. The van der Waals surface area contributed by atoms with Crippen LogP contribution in [0.15, 0.2) is 42.5 Å². The number of carboxylic acid groups (broad SMARTS) is 1. The van der Waals surface area contributed by atoms with Crippen LogP contribution in [0.25, 0.3) is 0 Å². The van der Waals surface area contributed by atoms with Gasteiger partial charge in [-0.3, -0.25) is 0 Å². The van der Waals surface area contributed by atoms with Crippen molar-refractivity contribution in [2.24, 2.45) is 0 Å². The first-order valence-corrected chi connectivity index (χ1v) is 6.09. The fourth-order valence-corrected chi connectivity index (χ4v) is 1.94. The maximum absolute atomic E-state index is 10.9. The lowest BCUT2D eigenvalue weighted by Gasteiger charge is -2.12. The Kier molecular flexibility index (Phi) is 3.71. The zero-order valence-corrected chi connectivity index (χ0v) is 10.7. The van der Waals surface area contributed by atoms with E-state index in [1.165, 1.54) is 11.6 Å². The molecular weight excluding hydrogens is 240 g/mol. The normalized spacial score (nSPS) is 10.2. The molecule has 4 nitrogen and oxygen atoms in total. The van der Waals surface area contributed by atoms with Crippen LogP contribution in [0.4, 0.5) is 17.1 Å². The molecule has 0 aromatic heterocycles. The fraction of sp³-hybridized carbons (Fsp3) is 0.133. The van der Waals surface area contributed by atoms with Crippen LogP contribution in [-0.4, -0.2) is 11.1 Å². The second kappa shape index (κ2) is 5.44. The van der Waals surface area contributed by atoms with Gasteiger partial charge in [-0.15, -0.1) is 0 Å². The number of nitrogens with two attached hydrogens (primary N) is 1. The van der Waals surface area contributed by atoms with Crippen LogP contribution in [0.2, 0.25) is 0 Å². The highest BCUT2D eigenvalue weighted by atomic mass is 16.4. The molecule has 2 aromatic rings. The Morgan fingerprint density at radius 1 is 1.26 bits per heavy atom. The Bertz CT molecular complexity index is 609. The molecule has 0 saturated heterocycles. The largest absolute Gasteiger partial charge is 0.478 e. The summed E-state index contributed by atoms with van der Waals surface area (Å²) in [5.41, 5.74) is 9.09. The minimum absolute atomic E-state index is 0.120. The SMILES string of the molecule is CCc1ccccc1Nc1ccc(C(=O)O)c(N)c1. The minimum atomic E-state index is -1.02. The van der Waals surface area contributed by atoms with Gasteiger partial charge in [-0.25, -0.2) is 4.79 Å². The maximum Gasteiger partial charge on any atom is 0.337 e. The summed E-state index contributed by atoms with van der Waals surface area (Å²) in [7, 11) is 0. The van der Waals surface area contributed by atoms with Crippen molar-refractivity contribution in [3.8, 4) is 0 Å². The van der Waals surface area contributed by atoms with E-state index in [0.717, 1.165) is 17.8 Å². The van der Waals surface area contributed by atoms with Gasteiger partial charge in [0.15, 0.2) is 0 Å². The van der Waals surface area contributed by atoms with Crippen LogP contribution < -0.4 is 11.1 Å². The molecule has 0 aliphatic heterocycles. The molecular formula is C15H16N2O2. The number of anilines is 3. The van der Waals surface area contributed by atoms with E-state index in [2.05, 4.69) is 18.3 Å². The molecule has 0 saturated carbocycles. The zero-order chi connectivity index (χ0) is 13.8. The number of hydrogen-bond acceptors (Lipinski definition) is 3. The van der Waals surface area contributed by atoms with Crippen molar-refractivity contribution in [1.82, 2.24) is 0 Å². The van der Waals surface area contributed by atoms with Gasteiger partial charge in [0.2, 0.25) is 0 Å². The van der Waals surface area contributed by atoms with Crippen molar-refractivity contribution in [2.75, 3.05) is 11.1 Å². The first-order valence-electron chi connectivity index (χ1n) is 6.09. The van der Waals surface area contributed by atoms with Gasteiger partial charge in [-0.1, -0.05) is 25.1 Å². The van der Waals surface area contributed by atoms with Gasteiger partial charge >= 0.3 is 5.97 Å². The van der Waals surface area contributed by atoms with Gasteiger partial charge < -0.3 is 16.2 Å². The van der Waals surface area contributed by atoms with Gasteiger partial charge in [-0.05, 0) is 36.2 Å². The third-order valence-electron chi connectivity index (χ3n) is 2.96. The molecule has 0 bridgehead atoms. The molecule has 4 N–H and O–H groups in total. The van der Waals surface area contributed by atoms with E-state index >= 15 is 0 Å². The lowest BCUT2D eigenvalue weighted by molar-refractivity contribution is 0.0698. The van der Waals surface area contributed by atoms with E-state index in [1.54, 1.807) is 12.1 Å². The van der Waals surface area contributed by atoms with Gasteiger partial charge in [-0.2, -0.15) is 0 Å². The van der Waals surface area contributed by atoms with Crippen molar-refractivity contribution < 1.29 is 9.90 Å². The molecule has 0 aliphatic rings. The van der Waals surface area contributed by atoms with Crippen molar-refractivity contribution in [3.63, 3.8) is 0 Å². The second-order valence-electron chi connectivity index (χ2n) is 4.24. The van der Waals surface area contributed by atoms with E-state index in [9.17, 15) is 4.79 Å². The maximum atomic E-state index is 10.9. The number of nitrogen functional groups attached to an aromatic ring is 1. The molecule has 0 atom stereocenters. The molecule has 0 aliphatic carbocycles. The third kappa shape index (κ3) is 2.85. The molecule has 98 valence electrons. The average Bonchev–Trinajstić information content (AvgIpc) is 2.39. The fourth-order valence-electron chi connectivity index (χ4n) is 1.94. The number of aryl methyl sites for hydroxylation is 1. The highest BCUT2D eigenvalue weighted by molar-refractivity contribution is 5.94. The molecule has 2 aromatic carbocycles. The lowest BCUT2D eigenvalue weighted by Crippen LogP contribution is -2.03. The molecule has 0 unspecified atom stereocenters. The van der Waals surface area contributed by atoms with Gasteiger partial charge in [0, 0.05) is 17.1 Å². The molecule has 4 heteroatoms. The number of para-hydroxylation sites is 1. The van der Waals surface area contributed by atoms with Crippen molar-refractivity contribution in [3.05, 3.63) is 53.6 Å². The Hall–Kier alpha value is -2.49. The van der Waals surface area contributed by atoms with E-state index in [4.69, 9.17) is 10.8 Å². The molecule has 2 rings (SSSR count). The smallest absolute Gasteiger partial charge is 0.337 e. The Balaban J connectivity index is 2.29. The summed E-state index contributed by atoms with van der Waals surface area (Å²) >= 11 is 0. The summed E-state index contributed by atoms with van der Waals surface area (Å²) in [5.74, 6) is -1.02. The molecule has 0 amide bonds. The number of benzene rings is 2. The average molecular weight is 256 g/mol. The summed E-state index contributed by atoms with van der Waals surface area (Å²) < 4.78 is 0. The van der Waals surface area contributed by atoms with E-state index in [1.807, 2.05) is 18.2 Å². The molecule has 0 spiro atoms. The van der Waals surface area contributed by atoms with Crippen LogP contribution in [0.5, 0.6) is 0 Å². The lowest BCUT2D eigenvalue weighted by atomic mass is 10.1. The first-order chi connectivity index (χ1) is 9.11. The topological polar surface area (TPSA) is 75.3 Å². The molecule has 0 radical (unpaired) electrons. The summed E-state index contributed by atoms with van der Waals surface area (Å²) in [6.45, 7) is 2.09. The van der Waals surface area contributed by atoms with Crippen molar-refractivity contribution in [1.29, 1.82) is 0 Å². The van der Waals surface area contributed by atoms with Crippen LogP contribution in [-0.2, 0) is 6.42 Å². The van der Waals surface area contributed by atoms with Gasteiger partial charge in [0.1, 0.15) is 0 Å². The monoisotopic (exact) mass is 256 g/mol. The zero-order valence-electron chi connectivity index (χ0n) is 10.7. The highest BCUT2D eigenvalue weighted by Gasteiger charge is 2.08. The van der Waals surface area contributed by atoms with Crippen LogP contribution >= 0.6 is 0 Å². The quantitative estimate of drug-likeness (QED) is 0.734. The van der Waals surface area contributed by atoms with Crippen molar-refractivity contribution >= 4 is 23.0 Å². The number of rotatable bonds is 4. The molecule has 0 heterocycles. The molecule has 19 heavy (non-hydrogen) atoms. The number of aromatic carboxylic acids is 1. The van der Waals surface area contributed by atoms with E-state index < -0.39 is 5.97 Å². The third-order valence-corrected chi connectivity index (χ3v) is 2.96. The Morgan fingerprint density at radius 2 is 2.00 bits per heavy atom. The number of carboxylic acids is 1. The summed E-state index contributed by atoms with van der Waals surface area (Å²) in [6.07, 6.45) is 0.922. The number of carbonyl (C=O) groups is 1. The predicted molar refractivity (Wildman–Crippen MR) is 76.9 cm³/mol. The summed E-state index contributed by atoms with van der Waals surface area (Å²) in [6, 6.07) is 12.8. The van der Waals surface area contributed by atoms with E-state index in [0.29, 0.717) is 0 Å². The summed E-state index contributed by atoms with van der Waals surface area (Å²) in [4.78, 5) is 10.9. The van der Waals surface area contributed by atoms with Crippen LogP contribution in [0.1, 0.15) is 22.8 Å². The van der Waals surface area contributed by atoms with Crippen molar-refractivity contribution in [2.45, 2.75) is 13.3 Å². The Morgan fingerprint density at radius 3 is 2.63 bits per heavy atom. The van der Waals surface area contributed by atoms with Crippen LogP contribution in [0, 0.1) is 0 Å².